The standard InChI is InChI=1S/C13H23N3O/c1-9(2)7-16-8-10(3)14-13(16)15-12-5-6-17-11(12)4/h8-9,11-12H,5-7H2,1-4H3,(H,14,15). The van der Waals surface area contributed by atoms with Crippen LogP contribution in [0.5, 0.6) is 0 Å². The molecule has 2 atom stereocenters. The number of nitrogens with zero attached hydrogens (tertiary/aromatic N) is 2. The van der Waals surface area contributed by atoms with Crippen molar-refractivity contribution in [2.24, 2.45) is 5.92 Å². The molecular formula is C13H23N3O. The predicted molar refractivity (Wildman–Crippen MR) is 69.2 cm³/mol. The average molecular weight is 237 g/mol. The summed E-state index contributed by atoms with van der Waals surface area (Å²) in [7, 11) is 0. The van der Waals surface area contributed by atoms with Gasteiger partial charge in [0.15, 0.2) is 0 Å². The maximum atomic E-state index is 5.57. The van der Waals surface area contributed by atoms with Gasteiger partial charge >= 0.3 is 0 Å². The first-order chi connectivity index (χ1) is 8.06. The Morgan fingerprint density at radius 3 is 2.94 bits per heavy atom. The highest BCUT2D eigenvalue weighted by molar-refractivity contribution is 5.31. The van der Waals surface area contributed by atoms with Crippen LogP contribution >= 0.6 is 0 Å². The zero-order valence-electron chi connectivity index (χ0n) is 11.2. The Morgan fingerprint density at radius 1 is 1.59 bits per heavy atom. The normalized spacial score (nSPS) is 24.5. The molecule has 1 N–H and O–H groups in total. The largest absolute Gasteiger partial charge is 0.376 e. The van der Waals surface area contributed by atoms with E-state index in [1.54, 1.807) is 0 Å². The molecule has 0 bridgehead atoms. The number of aryl methyl sites for hydroxylation is 1. The Balaban J connectivity index is 2.08. The van der Waals surface area contributed by atoms with Crippen molar-refractivity contribution in [1.82, 2.24) is 9.55 Å². The molecule has 2 rings (SSSR count). The van der Waals surface area contributed by atoms with Crippen LogP contribution in [0.25, 0.3) is 0 Å². The first kappa shape index (κ1) is 12.4. The molecule has 1 fully saturated rings. The highest BCUT2D eigenvalue weighted by atomic mass is 16.5. The summed E-state index contributed by atoms with van der Waals surface area (Å²) in [6, 6.07) is 0.391. The first-order valence-electron chi connectivity index (χ1n) is 6.48. The molecule has 17 heavy (non-hydrogen) atoms. The quantitative estimate of drug-likeness (QED) is 0.874. The molecule has 4 nitrogen and oxygen atoms in total. The van der Waals surface area contributed by atoms with Crippen LogP contribution in [0, 0.1) is 12.8 Å². The number of hydrogen-bond donors (Lipinski definition) is 1. The van der Waals surface area contributed by atoms with E-state index < -0.39 is 0 Å². The summed E-state index contributed by atoms with van der Waals surface area (Å²) < 4.78 is 7.78. The molecule has 4 heteroatoms. The minimum atomic E-state index is 0.277. The molecule has 1 saturated heterocycles. The van der Waals surface area contributed by atoms with Crippen LogP contribution in [0.1, 0.15) is 32.9 Å². The van der Waals surface area contributed by atoms with Gasteiger partial charge < -0.3 is 14.6 Å². The monoisotopic (exact) mass is 237 g/mol. The van der Waals surface area contributed by atoms with E-state index in [2.05, 4.69) is 41.8 Å². The van der Waals surface area contributed by atoms with Crippen LogP contribution in [0.15, 0.2) is 6.20 Å². The Morgan fingerprint density at radius 2 is 2.35 bits per heavy atom. The van der Waals surface area contributed by atoms with Crippen molar-refractivity contribution in [3.63, 3.8) is 0 Å². The molecular weight excluding hydrogens is 214 g/mol. The third-order valence-electron chi connectivity index (χ3n) is 3.15. The minimum Gasteiger partial charge on any atom is -0.376 e. The molecule has 2 heterocycles. The summed E-state index contributed by atoms with van der Waals surface area (Å²) in [5.74, 6) is 1.61. The lowest BCUT2D eigenvalue weighted by atomic mass is 10.2. The zero-order valence-corrected chi connectivity index (χ0v) is 11.2. The van der Waals surface area contributed by atoms with Crippen LogP contribution in [0.2, 0.25) is 0 Å². The van der Waals surface area contributed by atoms with Gasteiger partial charge in [-0.15, -0.1) is 0 Å². The van der Waals surface area contributed by atoms with Gasteiger partial charge in [-0.2, -0.15) is 0 Å². The van der Waals surface area contributed by atoms with Crippen LogP contribution in [0.4, 0.5) is 5.95 Å². The lowest BCUT2D eigenvalue weighted by Crippen LogP contribution is -2.28. The first-order valence-corrected chi connectivity index (χ1v) is 6.48. The van der Waals surface area contributed by atoms with E-state index in [0.717, 1.165) is 31.2 Å². The molecule has 0 amide bonds. The molecule has 0 aliphatic carbocycles. The lowest BCUT2D eigenvalue weighted by Gasteiger charge is -2.18. The van der Waals surface area contributed by atoms with Gasteiger partial charge in [0.2, 0.25) is 5.95 Å². The second-order valence-electron chi connectivity index (χ2n) is 5.37. The summed E-state index contributed by atoms with van der Waals surface area (Å²) in [6.07, 6.45) is 3.46. The molecule has 1 aliphatic heterocycles. The van der Waals surface area contributed by atoms with E-state index in [1.807, 2.05) is 6.92 Å². The van der Waals surface area contributed by atoms with E-state index in [1.165, 1.54) is 0 Å². The van der Waals surface area contributed by atoms with Crippen LogP contribution in [0.3, 0.4) is 0 Å². The van der Waals surface area contributed by atoms with Gasteiger partial charge in [0.05, 0.1) is 17.8 Å². The maximum absolute atomic E-state index is 5.57. The Kier molecular flexibility index (Phi) is 3.72. The average Bonchev–Trinajstić information content (AvgIpc) is 2.75. The molecule has 1 aliphatic rings. The van der Waals surface area contributed by atoms with Crippen molar-refractivity contribution in [3.05, 3.63) is 11.9 Å². The number of hydrogen-bond acceptors (Lipinski definition) is 3. The Bertz CT molecular complexity index is 373. The van der Waals surface area contributed by atoms with Crippen molar-refractivity contribution >= 4 is 5.95 Å². The van der Waals surface area contributed by atoms with Gasteiger partial charge in [0.1, 0.15) is 0 Å². The van der Waals surface area contributed by atoms with Crippen molar-refractivity contribution in [1.29, 1.82) is 0 Å². The molecule has 1 aromatic heterocycles. The summed E-state index contributed by atoms with van der Waals surface area (Å²) >= 11 is 0. The molecule has 96 valence electrons. The van der Waals surface area contributed by atoms with Crippen molar-refractivity contribution < 1.29 is 4.74 Å². The SMILES string of the molecule is Cc1cn(CC(C)C)c(NC2CCOC2C)n1. The number of aromatic nitrogens is 2. The Labute approximate surface area is 103 Å². The number of nitrogens with one attached hydrogen (secondary N) is 1. The second kappa shape index (κ2) is 5.08. The fourth-order valence-corrected chi connectivity index (χ4v) is 2.28. The van der Waals surface area contributed by atoms with Crippen molar-refractivity contribution in [2.45, 2.75) is 52.8 Å². The van der Waals surface area contributed by atoms with E-state index in [0.29, 0.717) is 12.0 Å². The van der Waals surface area contributed by atoms with E-state index in [4.69, 9.17) is 4.74 Å². The Hall–Kier alpha value is -1.03. The lowest BCUT2D eigenvalue weighted by molar-refractivity contribution is 0.121. The predicted octanol–water partition coefficient (Wildman–Crippen LogP) is 2.44. The zero-order chi connectivity index (χ0) is 12.4. The van der Waals surface area contributed by atoms with Gasteiger partial charge in [-0.05, 0) is 26.2 Å². The van der Waals surface area contributed by atoms with Crippen LogP contribution in [-0.2, 0) is 11.3 Å². The number of ether oxygens (including phenoxy) is 1. The van der Waals surface area contributed by atoms with Gasteiger partial charge in [0, 0.05) is 19.3 Å². The molecule has 0 radical (unpaired) electrons. The number of anilines is 1. The van der Waals surface area contributed by atoms with Gasteiger partial charge in [0.25, 0.3) is 0 Å². The minimum absolute atomic E-state index is 0.277. The number of rotatable bonds is 4. The van der Waals surface area contributed by atoms with Gasteiger partial charge in [-0.3, -0.25) is 0 Å². The fraction of sp³-hybridized carbons (Fsp3) is 0.769. The smallest absolute Gasteiger partial charge is 0.203 e. The van der Waals surface area contributed by atoms with Crippen molar-refractivity contribution in [2.75, 3.05) is 11.9 Å². The molecule has 0 saturated carbocycles. The van der Waals surface area contributed by atoms with E-state index in [-0.39, 0.29) is 6.10 Å². The summed E-state index contributed by atoms with van der Waals surface area (Å²) in [5.41, 5.74) is 1.07. The highest BCUT2D eigenvalue weighted by Crippen LogP contribution is 2.19. The summed E-state index contributed by atoms with van der Waals surface area (Å²) in [4.78, 5) is 4.56. The summed E-state index contributed by atoms with van der Waals surface area (Å²) in [5, 5.41) is 3.51. The number of imidazole rings is 1. The van der Waals surface area contributed by atoms with Gasteiger partial charge in [-0.25, -0.2) is 4.98 Å². The second-order valence-corrected chi connectivity index (χ2v) is 5.37. The third kappa shape index (κ3) is 3.00. The van der Waals surface area contributed by atoms with Crippen molar-refractivity contribution in [3.8, 4) is 0 Å². The molecule has 2 unspecified atom stereocenters. The molecule has 0 aromatic carbocycles. The third-order valence-corrected chi connectivity index (χ3v) is 3.15. The van der Waals surface area contributed by atoms with Crippen LogP contribution in [-0.4, -0.2) is 28.3 Å². The molecule has 1 aromatic rings. The van der Waals surface area contributed by atoms with Crippen LogP contribution < -0.4 is 5.32 Å². The van der Waals surface area contributed by atoms with E-state index >= 15 is 0 Å². The highest BCUT2D eigenvalue weighted by Gasteiger charge is 2.25. The molecule has 0 spiro atoms. The maximum Gasteiger partial charge on any atom is 0.203 e. The fourth-order valence-electron chi connectivity index (χ4n) is 2.28. The summed E-state index contributed by atoms with van der Waals surface area (Å²) in [6.45, 7) is 10.5. The van der Waals surface area contributed by atoms with Gasteiger partial charge in [-0.1, -0.05) is 13.8 Å². The van der Waals surface area contributed by atoms with E-state index in [9.17, 15) is 0 Å². The topological polar surface area (TPSA) is 39.1 Å².